The molecule has 1 aliphatic rings. The van der Waals surface area contributed by atoms with Gasteiger partial charge in [0.2, 0.25) is 0 Å². The van der Waals surface area contributed by atoms with Crippen LogP contribution in [0.4, 0.5) is 0 Å². The van der Waals surface area contributed by atoms with E-state index in [2.05, 4.69) is 27.9 Å². The lowest BCUT2D eigenvalue weighted by Crippen LogP contribution is -2.27. The molecule has 1 N–H and O–H groups in total. The van der Waals surface area contributed by atoms with E-state index in [0.29, 0.717) is 6.04 Å². The Hall–Kier alpha value is 0.320. The second-order valence-electron chi connectivity index (χ2n) is 3.15. The van der Waals surface area contributed by atoms with E-state index < -0.39 is 0 Å². The number of thioether (sulfide) groups is 1. The molecule has 1 unspecified atom stereocenters. The Morgan fingerprint density at radius 3 is 3.15 bits per heavy atom. The maximum atomic E-state index is 5.46. The lowest BCUT2D eigenvalue weighted by molar-refractivity contribution is 0.443. The first-order valence-corrected chi connectivity index (χ1v) is 6.63. The molecule has 0 aliphatic carbocycles. The van der Waals surface area contributed by atoms with Crippen molar-refractivity contribution in [3.05, 3.63) is 21.7 Å². The third kappa shape index (κ3) is 2.89. The number of hydrogen-bond donors (Lipinski definition) is 1. The maximum absolute atomic E-state index is 5.46. The summed E-state index contributed by atoms with van der Waals surface area (Å²) in [5.41, 5.74) is 0. The monoisotopic (exact) mass is 309 g/mol. The minimum atomic E-state index is 0.688. The summed E-state index contributed by atoms with van der Waals surface area (Å²) in [5.74, 6) is 3.59. The summed E-state index contributed by atoms with van der Waals surface area (Å²) in [6.45, 7) is 0.869. The minimum Gasteiger partial charge on any atom is -0.454 e. The Labute approximate surface area is 96.0 Å². The normalized spacial score (nSPS) is 22.4. The zero-order chi connectivity index (χ0) is 9.10. The van der Waals surface area contributed by atoms with Gasteiger partial charge in [-0.3, -0.25) is 0 Å². The standard InChI is InChI=1S/C9H12INOS/c10-9-2-1-8(12-9)5-11-7-3-4-13-6-7/h1-2,7,11H,3-6H2. The third-order valence-electron chi connectivity index (χ3n) is 2.12. The Morgan fingerprint density at radius 2 is 2.54 bits per heavy atom. The van der Waals surface area contributed by atoms with Crippen LogP contribution in [0.2, 0.25) is 0 Å². The van der Waals surface area contributed by atoms with Gasteiger partial charge in [0, 0.05) is 11.8 Å². The van der Waals surface area contributed by atoms with Crippen LogP contribution in [-0.4, -0.2) is 17.5 Å². The molecule has 0 spiro atoms. The fourth-order valence-corrected chi connectivity index (χ4v) is 3.04. The first-order valence-electron chi connectivity index (χ1n) is 4.40. The van der Waals surface area contributed by atoms with Crippen molar-refractivity contribution in [3.8, 4) is 0 Å². The van der Waals surface area contributed by atoms with Gasteiger partial charge in [0.1, 0.15) is 5.76 Å². The predicted octanol–water partition coefficient (Wildman–Crippen LogP) is 2.48. The second-order valence-corrected chi connectivity index (χ2v) is 5.36. The van der Waals surface area contributed by atoms with Crippen LogP contribution in [0.15, 0.2) is 16.5 Å². The maximum Gasteiger partial charge on any atom is 0.164 e. The van der Waals surface area contributed by atoms with Crippen LogP contribution in [0.1, 0.15) is 12.2 Å². The van der Waals surface area contributed by atoms with E-state index in [0.717, 1.165) is 16.1 Å². The molecule has 1 atom stereocenters. The highest BCUT2D eigenvalue weighted by Crippen LogP contribution is 2.18. The van der Waals surface area contributed by atoms with E-state index in [9.17, 15) is 0 Å². The second kappa shape index (κ2) is 4.70. The Kier molecular flexibility index (Phi) is 3.57. The Bertz CT molecular complexity index is 270. The Morgan fingerprint density at radius 1 is 1.62 bits per heavy atom. The summed E-state index contributed by atoms with van der Waals surface area (Å²) in [7, 11) is 0. The van der Waals surface area contributed by atoms with Crippen LogP contribution in [0.25, 0.3) is 0 Å². The van der Waals surface area contributed by atoms with Gasteiger partial charge in [0.25, 0.3) is 0 Å². The van der Waals surface area contributed by atoms with E-state index >= 15 is 0 Å². The molecule has 1 saturated heterocycles. The molecule has 1 aromatic heterocycles. The SMILES string of the molecule is Ic1ccc(CNC2CCSC2)o1. The third-order valence-corrected chi connectivity index (χ3v) is 3.87. The first kappa shape index (κ1) is 9.86. The molecule has 2 heterocycles. The van der Waals surface area contributed by atoms with Crippen molar-refractivity contribution in [2.24, 2.45) is 0 Å². The molecule has 13 heavy (non-hydrogen) atoms. The summed E-state index contributed by atoms with van der Waals surface area (Å²) >= 11 is 4.22. The van der Waals surface area contributed by atoms with Gasteiger partial charge in [-0.05, 0) is 46.9 Å². The lowest BCUT2D eigenvalue weighted by Gasteiger charge is -2.08. The molecule has 1 fully saturated rings. The topological polar surface area (TPSA) is 25.2 Å². The van der Waals surface area contributed by atoms with Crippen LogP contribution in [0, 0.1) is 3.77 Å². The molecular formula is C9H12INOS. The van der Waals surface area contributed by atoms with Gasteiger partial charge >= 0.3 is 0 Å². The van der Waals surface area contributed by atoms with Gasteiger partial charge in [0.05, 0.1) is 6.54 Å². The molecular weight excluding hydrogens is 297 g/mol. The van der Waals surface area contributed by atoms with Crippen LogP contribution >= 0.6 is 34.4 Å². The highest BCUT2D eigenvalue weighted by atomic mass is 127. The molecule has 0 radical (unpaired) electrons. The van der Waals surface area contributed by atoms with Crippen molar-refractivity contribution < 1.29 is 4.42 Å². The summed E-state index contributed by atoms with van der Waals surface area (Å²) in [6, 6.07) is 4.73. The fraction of sp³-hybridized carbons (Fsp3) is 0.556. The molecule has 0 aromatic carbocycles. The predicted molar refractivity (Wildman–Crippen MR) is 64.0 cm³/mol. The van der Waals surface area contributed by atoms with Gasteiger partial charge in [0.15, 0.2) is 3.77 Å². The van der Waals surface area contributed by atoms with Crippen molar-refractivity contribution in [2.75, 3.05) is 11.5 Å². The van der Waals surface area contributed by atoms with Gasteiger partial charge < -0.3 is 9.73 Å². The quantitative estimate of drug-likeness (QED) is 0.869. The lowest BCUT2D eigenvalue weighted by atomic mass is 10.2. The molecule has 0 saturated carbocycles. The molecule has 2 nitrogen and oxygen atoms in total. The van der Waals surface area contributed by atoms with Crippen molar-refractivity contribution in [2.45, 2.75) is 19.0 Å². The summed E-state index contributed by atoms with van der Waals surface area (Å²) < 4.78 is 6.43. The van der Waals surface area contributed by atoms with E-state index in [4.69, 9.17) is 4.42 Å². The molecule has 0 amide bonds. The first-order chi connectivity index (χ1) is 6.34. The summed E-state index contributed by atoms with van der Waals surface area (Å²) in [5, 5.41) is 3.49. The average molecular weight is 309 g/mol. The number of halogens is 1. The van der Waals surface area contributed by atoms with Crippen LogP contribution in [0.5, 0.6) is 0 Å². The zero-order valence-corrected chi connectivity index (χ0v) is 10.2. The van der Waals surface area contributed by atoms with Gasteiger partial charge in [-0.1, -0.05) is 0 Å². The van der Waals surface area contributed by atoms with Crippen molar-refractivity contribution in [1.82, 2.24) is 5.32 Å². The molecule has 0 bridgehead atoms. The molecule has 4 heteroatoms. The van der Waals surface area contributed by atoms with Gasteiger partial charge in [-0.15, -0.1) is 0 Å². The molecule has 1 aliphatic heterocycles. The van der Waals surface area contributed by atoms with E-state index in [1.54, 1.807) is 0 Å². The number of rotatable bonds is 3. The van der Waals surface area contributed by atoms with E-state index in [1.807, 2.05) is 23.9 Å². The van der Waals surface area contributed by atoms with Gasteiger partial charge in [-0.25, -0.2) is 0 Å². The highest BCUT2D eigenvalue weighted by Gasteiger charge is 2.14. The highest BCUT2D eigenvalue weighted by molar-refractivity contribution is 14.1. The van der Waals surface area contributed by atoms with Crippen molar-refractivity contribution in [1.29, 1.82) is 0 Å². The van der Waals surface area contributed by atoms with Crippen LogP contribution in [-0.2, 0) is 6.54 Å². The number of nitrogens with one attached hydrogen (secondary N) is 1. The number of hydrogen-bond acceptors (Lipinski definition) is 3. The van der Waals surface area contributed by atoms with Crippen molar-refractivity contribution in [3.63, 3.8) is 0 Å². The molecule has 2 rings (SSSR count). The van der Waals surface area contributed by atoms with Gasteiger partial charge in [-0.2, -0.15) is 11.8 Å². The molecule has 1 aromatic rings. The van der Waals surface area contributed by atoms with E-state index in [-0.39, 0.29) is 0 Å². The minimum absolute atomic E-state index is 0.688. The Balaban J connectivity index is 1.78. The average Bonchev–Trinajstić information content (AvgIpc) is 2.71. The fourth-order valence-electron chi connectivity index (χ4n) is 1.39. The summed E-state index contributed by atoms with van der Waals surface area (Å²) in [4.78, 5) is 0. The van der Waals surface area contributed by atoms with Crippen LogP contribution in [0.3, 0.4) is 0 Å². The molecule has 72 valence electrons. The largest absolute Gasteiger partial charge is 0.454 e. The summed E-state index contributed by atoms with van der Waals surface area (Å²) in [6.07, 6.45) is 1.29. The smallest absolute Gasteiger partial charge is 0.164 e. The van der Waals surface area contributed by atoms with Crippen LogP contribution < -0.4 is 5.32 Å². The van der Waals surface area contributed by atoms with E-state index in [1.165, 1.54) is 17.9 Å². The number of furan rings is 1. The van der Waals surface area contributed by atoms with Crippen molar-refractivity contribution >= 4 is 34.4 Å². The zero-order valence-electron chi connectivity index (χ0n) is 7.25.